The average Bonchev–Trinajstić information content (AvgIpc) is 3.02. The number of aliphatic hydroxyl groups excluding tert-OH is 1. The van der Waals surface area contributed by atoms with E-state index in [9.17, 15) is 4.79 Å². The molecule has 5 heteroatoms. The predicted octanol–water partition coefficient (Wildman–Crippen LogP) is 2.01. The number of nitrogens with one attached hydrogen (secondary N) is 1. The van der Waals surface area contributed by atoms with Crippen molar-refractivity contribution >= 4 is 5.91 Å². The largest absolute Gasteiger partial charge is 0.396 e. The van der Waals surface area contributed by atoms with E-state index in [2.05, 4.69) is 17.3 Å². The number of benzene rings is 1. The highest BCUT2D eigenvalue weighted by atomic mass is 16.3. The van der Waals surface area contributed by atoms with E-state index in [4.69, 9.17) is 5.11 Å². The summed E-state index contributed by atoms with van der Waals surface area (Å²) in [5, 5.41) is 16.1. The summed E-state index contributed by atoms with van der Waals surface area (Å²) in [5.74, 6) is 0.122. The minimum Gasteiger partial charge on any atom is -0.396 e. The first kappa shape index (κ1) is 15.3. The van der Waals surface area contributed by atoms with Crippen molar-refractivity contribution in [3.05, 3.63) is 48.3 Å². The predicted molar refractivity (Wildman–Crippen MR) is 81.4 cm³/mol. The minimum absolute atomic E-state index is 0.150. The van der Waals surface area contributed by atoms with Gasteiger partial charge < -0.3 is 10.4 Å². The number of carbonyl (C=O) groups is 1. The Labute approximate surface area is 124 Å². The molecule has 2 aromatic rings. The highest BCUT2D eigenvalue weighted by Gasteiger charge is 2.12. The summed E-state index contributed by atoms with van der Waals surface area (Å²) >= 11 is 0. The molecule has 2 rings (SSSR count). The van der Waals surface area contributed by atoms with Crippen LogP contribution >= 0.6 is 0 Å². The molecule has 5 nitrogen and oxygen atoms in total. The molecule has 0 spiro atoms. The molecule has 1 amide bonds. The second-order valence-electron chi connectivity index (χ2n) is 4.98. The van der Waals surface area contributed by atoms with Gasteiger partial charge in [0, 0.05) is 19.3 Å². The third-order valence-corrected chi connectivity index (χ3v) is 3.51. The molecular weight excluding hydrogens is 266 g/mol. The fraction of sp³-hybridized carbons (Fsp3) is 0.375. The Balaban J connectivity index is 1.96. The second kappa shape index (κ2) is 7.59. The van der Waals surface area contributed by atoms with Gasteiger partial charge in [-0.2, -0.15) is 5.10 Å². The Hall–Kier alpha value is -2.14. The van der Waals surface area contributed by atoms with Gasteiger partial charge in [-0.15, -0.1) is 0 Å². The maximum Gasteiger partial charge on any atom is 0.271 e. The molecule has 1 heterocycles. The molecule has 0 aliphatic carbocycles. The summed E-state index contributed by atoms with van der Waals surface area (Å²) in [4.78, 5) is 12.1. The van der Waals surface area contributed by atoms with Gasteiger partial charge in [0.2, 0.25) is 0 Å². The summed E-state index contributed by atoms with van der Waals surface area (Å²) in [6.45, 7) is 2.77. The van der Waals surface area contributed by atoms with Gasteiger partial charge >= 0.3 is 0 Å². The quantitative estimate of drug-likeness (QED) is 0.818. The normalized spacial score (nSPS) is 12.1. The molecule has 2 N–H and O–H groups in total. The van der Waals surface area contributed by atoms with Crippen LogP contribution in [0.4, 0.5) is 0 Å². The zero-order chi connectivity index (χ0) is 15.1. The number of amides is 1. The van der Waals surface area contributed by atoms with Gasteiger partial charge in [0.05, 0.1) is 5.69 Å². The first-order valence-corrected chi connectivity index (χ1v) is 7.24. The monoisotopic (exact) mass is 287 g/mol. The van der Waals surface area contributed by atoms with Gasteiger partial charge in [0.25, 0.3) is 5.91 Å². The molecule has 112 valence electrons. The summed E-state index contributed by atoms with van der Waals surface area (Å²) in [6.07, 6.45) is 3.41. The van der Waals surface area contributed by atoms with E-state index in [1.54, 1.807) is 16.9 Å². The second-order valence-corrected chi connectivity index (χ2v) is 4.98. The lowest BCUT2D eigenvalue weighted by atomic mass is 10.0. The van der Waals surface area contributed by atoms with Crippen molar-refractivity contribution in [2.75, 3.05) is 13.2 Å². The van der Waals surface area contributed by atoms with Gasteiger partial charge in [-0.05, 0) is 30.5 Å². The van der Waals surface area contributed by atoms with E-state index in [-0.39, 0.29) is 12.5 Å². The van der Waals surface area contributed by atoms with Crippen LogP contribution in [0.1, 0.15) is 30.3 Å². The molecular formula is C16H21N3O2. The van der Waals surface area contributed by atoms with E-state index in [0.717, 1.165) is 12.1 Å². The van der Waals surface area contributed by atoms with Crippen molar-refractivity contribution < 1.29 is 9.90 Å². The highest BCUT2D eigenvalue weighted by molar-refractivity contribution is 5.92. The highest BCUT2D eigenvalue weighted by Crippen LogP contribution is 2.08. The zero-order valence-electron chi connectivity index (χ0n) is 12.2. The van der Waals surface area contributed by atoms with Crippen molar-refractivity contribution in [3.8, 4) is 5.69 Å². The number of aromatic nitrogens is 2. The summed E-state index contributed by atoms with van der Waals surface area (Å²) in [7, 11) is 0. The Morgan fingerprint density at radius 2 is 2.10 bits per heavy atom. The molecule has 0 fully saturated rings. The van der Waals surface area contributed by atoms with Gasteiger partial charge in [-0.3, -0.25) is 4.79 Å². The molecule has 0 aliphatic rings. The van der Waals surface area contributed by atoms with E-state index in [0.29, 0.717) is 24.6 Å². The van der Waals surface area contributed by atoms with Gasteiger partial charge in [0.15, 0.2) is 5.69 Å². The molecule has 1 atom stereocenters. The lowest BCUT2D eigenvalue weighted by Crippen LogP contribution is -2.30. The van der Waals surface area contributed by atoms with Crippen LogP contribution in [0.5, 0.6) is 0 Å². The van der Waals surface area contributed by atoms with E-state index < -0.39 is 0 Å². The fourth-order valence-electron chi connectivity index (χ4n) is 2.13. The number of hydrogen-bond acceptors (Lipinski definition) is 3. The van der Waals surface area contributed by atoms with E-state index in [1.165, 1.54) is 0 Å². The maximum absolute atomic E-state index is 12.1. The third-order valence-electron chi connectivity index (χ3n) is 3.51. The molecule has 1 unspecified atom stereocenters. The molecule has 21 heavy (non-hydrogen) atoms. The molecule has 0 radical (unpaired) electrons. The smallest absolute Gasteiger partial charge is 0.271 e. The van der Waals surface area contributed by atoms with Crippen LogP contribution in [-0.2, 0) is 0 Å². The van der Waals surface area contributed by atoms with Crippen molar-refractivity contribution in [2.45, 2.75) is 19.8 Å². The molecule has 0 bridgehead atoms. The Bertz CT molecular complexity index is 566. The lowest BCUT2D eigenvalue weighted by Gasteiger charge is -2.13. The summed E-state index contributed by atoms with van der Waals surface area (Å²) in [5.41, 5.74) is 1.32. The Kier molecular flexibility index (Phi) is 5.51. The Morgan fingerprint density at radius 3 is 2.76 bits per heavy atom. The number of carbonyl (C=O) groups excluding carboxylic acids is 1. The number of aliphatic hydroxyl groups is 1. The van der Waals surface area contributed by atoms with Crippen LogP contribution in [0.2, 0.25) is 0 Å². The fourth-order valence-corrected chi connectivity index (χ4v) is 2.13. The molecule has 0 saturated heterocycles. The van der Waals surface area contributed by atoms with Gasteiger partial charge in [-0.1, -0.05) is 31.5 Å². The summed E-state index contributed by atoms with van der Waals surface area (Å²) < 4.78 is 1.68. The number of nitrogens with zero attached hydrogens (tertiary/aromatic N) is 2. The average molecular weight is 287 g/mol. The van der Waals surface area contributed by atoms with Crippen molar-refractivity contribution in [1.29, 1.82) is 0 Å². The first-order valence-electron chi connectivity index (χ1n) is 7.24. The topological polar surface area (TPSA) is 67.2 Å². The van der Waals surface area contributed by atoms with Crippen LogP contribution in [0.25, 0.3) is 5.69 Å². The zero-order valence-corrected chi connectivity index (χ0v) is 12.2. The van der Waals surface area contributed by atoms with Crippen LogP contribution in [0.15, 0.2) is 42.6 Å². The maximum atomic E-state index is 12.1. The number of rotatable bonds is 7. The van der Waals surface area contributed by atoms with Crippen LogP contribution < -0.4 is 5.32 Å². The molecule has 0 aliphatic heterocycles. The molecule has 0 saturated carbocycles. The van der Waals surface area contributed by atoms with Gasteiger partial charge in [-0.25, -0.2) is 4.68 Å². The SMILES string of the molecule is CCC(CCO)CNC(=O)c1ccn(-c2ccccc2)n1. The van der Waals surface area contributed by atoms with Crippen molar-refractivity contribution in [1.82, 2.24) is 15.1 Å². The third kappa shape index (κ3) is 4.16. The molecule has 1 aromatic carbocycles. The van der Waals surface area contributed by atoms with Crippen molar-refractivity contribution in [2.24, 2.45) is 5.92 Å². The number of hydrogen-bond donors (Lipinski definition) is 2. The van der Waals surface area contributed by atoms with E-state index in [1.807, 2.05) is 30.3 Å². The van der Waals surface area contributed by atoms with E-state index >= 15 is 0 Å². The standard InChI is InChI=1S/C16H21N3O2/c1-2-13(9-11-20)12-17-16(21)15-8-10-19(18-15)14-6-4-3-5-7-14/h3-8,10,13,20H,2,9,11-12H2,1H3,(H,17,21). The Morgan fingerprint density at radius 1 is 1.33 bits per heavy atom. The van der Waals surface area contributed by atoms with Crippen LogP contribution in [-0.4, -0.2) is 33.9 Å². The van der Waals surface area contributed by atoms with Gasteiger partial charge in [0.1, 0.15) is 0 Å². The number of para-hydroxylation sites is 1. The van der Waals surface area contributed by atoms with Crippen LogP contribution in [0.3, 0.4) is 0 Å². The lowest BCUT2D eigenvalue weighted by molar-refractivity contribution is 0.0938. The minimum atomic E-state index is -0.180. The van der Waals surface area contributed by atoms with Crippen molar-refractivity contribution in [3.63, 3.8) is 0 Å². The summed E-state index contributed by atoms with van der Waals surface area (Å²) in [6, 6.07) is 11.4. The first-order chi connectivity index (χ1) is 10.2. The molecule has 1 aromatic heterocycles. The van der Waals surface area contributed by atoms with Crippen LogP contribution in [0, 0.1) is 5.92 Å².